The molecule has 1 aromatic carbocycles. The molecule has 3 nitrogen and oxygen atoms in total. The molecular formula is C15H19NO2S. The van der Waals surface area contributed by atoms with Gasteiger partial charge in [0.25, 0.3) is 0 Å². The molecule has 0 spiro atoms. The molecule has 0 bridgehead atoms. The van der Waals surface area contributed by atoms with Gasteiger partial charge < -0.3 is 4.52 Å². The Morgan fingerprint density at radius 2 is 1.89 bits per heavy atom. The number of hydrogen-bond acceptors (Lipinski definition) is 3. The van der Waals surface area contributed by atoms with Gasteiger partial charge in [0.2, 0.25) is 0 Å². The molecule has 1 unspecified atom stereocenters. The number of aryl methyl sites for hydroxylation is 1. The average Bonchev–Trinajstić information content (AvgIpc) is 2.75. The van der Waals surface area contributed by atoms with Gasteiger partial charge in [-0.3, -0.25) is 4.21 Å². The molecule has 1 atom stereocenters. The van der Waals surface area contributed by atoms with Crippen molar-refractivity contribution in [3.8, 4) is 0 Å². The quantitative estimate of drug-likeness (QED) is 0.839. The SMILES string of the molecule is Cc1cc(CS(=O)Cc2ccc(C(C)C)cc2)no1. The van der Waals surface area contributed by atoms with Crippen molar-refractivity contribution in [1.29, 1.82) is 0 Å². The van der Waals surface area contributed by atoms with E-state index in [1.54, 1.807) is 0 Å². The number of aromatic nitrogens is 1. The highest BCUT2D eigenvalue weighted by Gasteiger charge is 2.07. The van der Waals surface area contributed by atoms with Crippen LogP contribution >= 0.6 is 0 Å². The monoisotopic (exact) mass is 277 g/mol. The van der Waals surface area contributed by atoms with Gasteiger partial charge in [-0.05, 0) is 24.0 Å². The molecule has 19 heavy (non-hydrogen) atoms. The van der Waals surface area contributed by atoms with Gasteiger partial charge in [-0.15, -0.1) is 0 Å². The lowest BCUT2D eigenvalue weighted by molar-refractivity contribution is 0.392. The maximum atomic E-state index is 12.0. The third-order valence-electron chi connectivity index (χ3n) is 2.96. The number of nitrogens with zero attached hydrogens (tertiary/aromatic N) is 1. The third kappa shape index (κ3) is 4.03. The van der Waals surface area contributed by atoms with Gasteiger partial charge in [-0.25, -0.2) is 0 Å². The summed E-state index contributed by atoms with van der Waals surface area (Å²) in [5.74, 6) is 2.29. The van der Waals surface area contributed by atoms with E-state index in [-0.39, 0.29) is 0 Å². The zero-order valence-corrected chi connectivity index (χ0v) is 12.4. The van der Waals surface area contributed by atoms with E-state index in [0.29, 0.717) is 17.4 Å². The first-order valence-electron chi connectivity index (χ1n) is 6.40. The first-order chi connectivity index (χ1) is 9.04. The molecule has 0 saturated carbocycles. The van der Waals surface area contributed by atoms with Crippen molar-refractivity contribution in [2.24, 2.45) is 0 Å². The van der Waals surface area contributed by atoms with Crippen LogP contribution < -0.4 is 0 Å². The molecule has 0 saturated heterocycles. The van der Waals surface area contributed by atoms with Gasteiger partial charge in [0.15, 0.2) is 0 Å². The van der Waals surface area contributed by atoms with E-state index in [4.69, 9.17) is 4.52 Å². The predicted octanol–water partition coefficient (Wildman–Crippen LogP) is 3.56. The molecule has 0 fully saturated rings. The minimum atomic E-state index is -0.948. The summed E-state index contributed by atoms with van der Waals surface area (Å²) in [6.07, 6.45) is 0. The van der Waals surface area contributed by atoms with Crippen LogP contribution in [0, 0.1) is 6.92 Å². The van der Waals surface area contributed by atoms with Gasteiger partial charge in [0.05, 0.1) is 11.4 Å². The van der Waals surface area contributed by atoms with E-state index in [1.165, 1.54) is 5.56 Å². The van der Waals surface area contributed by atoms with Crippen LogP contribution in [-0.4, -0.2) is 9.37 Å². The molecule has 0 aliphatic rings. The van der Waals surface area contributed by atoms with Crippen LogP contribution in [0.25, 0.3) is 0 Å². The fourth-order valence-corrected chi connectivity index (χ4v) is 3.02. The second kappa shape index (κ2) is 6.15. The molecule has 0 amide bonds. The van der Waals surface area contributed by atoms with Crippen molar-refractivity contribution in [3.63, 3.8) is 0 Å². The lowest BCUT2D eigenvalue weighted by Gasteiger charge is -2.06. The normalized spacial score (nSPS) is 12.8. The summed E-state index contributed by atoms with van der Waals surface area (Å²) in [6.45, 7) is 6.17. The van der Waals surface area contributed by atoms with Crippen molar-refractivity contribution in [1.82, 2.24) is 5.16 Å². The highest BCUT2D eigenvalue weighted by molar-refractivity contribution is 7.83. The van der Waals surface area contributed by atoms with Crippen LogP contribution in [0.3, 0.4) is 0 Å². The summed E-state index contributed by atoms with van der Waals surface area (Å²) in [5.41, 5.74) is 3.17. The summed E-state index contributed by atoms with van der Waals surface area (Å²) in [6, 6.07) is 10.2. The summed E-state index contributed by atoms with van der Waals surface area (Å²) in [5, 5.41) is 3.87. The first-order valence-corrected chi connectivity index (χ1v) is 7.89. The van der Waals surface area contributed by atoms with Gasteiger partial charge in [0.1, 0.15) is 5.76 Å². The first kappa shape index (κ1) is 14.0. The van der Waals surface area contributed by atoms with Crippen LogP contribution in [-0.2, 0) is 22.3 Å². The molecule has 4 heteroatoms. The molecule has 0 aliphatic heterocycles. The Morgan fingerprint density at radius 1 is 1.21 bits per heavy atom. The number of hydrogen-bond donors (Lipinski definition) is 0. The van der Waals surface area contributed by atoms with Crippen molar-refractivity contribution in [3.05, 3.63) is 52.9 Å². The van der Waals surface area contributed by atoms with Crippen molar-refractivity contribution in [2.45, 2.75) is 38.2 Å². The molecule has 0 aliphatic carbocycles. The molecule has 0 N–H and O–H groups in total. The summed E-state index contributed by atoms with van der Waals surface area (Å²) in [4.78, 5) is 0. The zero-order valence-electron chi connectivity index (χ0n) is 11.6. The summed E-state index contributed by atoms with van der Waals surface area (Å²) < 4.78 is 17.0. The molecule has 2 rings (SSSR count). The Bertz CT molecular complexity index is 558. The van der Waals surface area contributed by atoms with Crippen molar-refractivity contribution >= 4 is 10.8 Å². The topological polar surface area (TPSA) is 43.1 Å². The Balaban J connectivity index is 1.95. The highest BCUT2D eigenvalue weighted by atomic mass is 32.2. The van der Waals surface area contributed by atoms with Crippen LogP contribution in [0.15, 0.2) is 34.9 Å². The van der Waals surface area contributed by atoms with E-state index in [0.717, 1.165) is 17.0 Å². The van der Waals surface area contributed by atoms with Crippen LogP contribution in [0.5, 0.6) is 0 Å². The Kier molecular flexibility index (Phi) is 4.53. The molecular weight excluding hydrogens is 258 g/mol. The van der Waals surface area contributed by atoms with Gasteiger partial charge in [-0.1, -0.05) is 43.3 Å². The van der Waals surface area contributed by atoms with Crippen LogP contribution in [0.1, 0.15) is 42.3 Å². The summed E-state index contributed by atoms with van der Waals surface area (Å²) >= 11 is 0. The predicted molar refractivity (Wildman–Crippen MR) is 77.3 cm³/mol. The van der Waals surface area contributed by atoms with E-state index >= 15 is 0 Å². The standard InChI is InChI=1S/C15H19NO2S/c1-11(2)14-6-4-13(5-7-14)9-19(17)10-15-8-12(3)18-16-15/h4-8,11H,9-10H2,1-3H3. The second-order valence-electron chi connectivity index (χ2n) is 5.05. The molecule has 102 valence electrons. The smallest absolute Gasteiger partial charge is 0.133 e. The van der Waals surface area contributed by atoms with E-state index in [9.17, 15) is 4.21 Å². The number of benzene rings is 1. The maximum absolute atomic E-state index is 12.0. The lowest BCUT2D eigenvalue weighted by atomic mass is 10.0. The molecule has 1 aromatic heterocycles. The molecule has 0 radical (unpaired) electrons. The van der Waals surface area contributed by atoms with Crippen LogP contribution in [0.2, 0.25) is 0 Å². The minimum Gasteiger partial charge on any atom is -0.361 e. The number of rotatable bonds is 5. The van der Waals surface area contributed by atoms with Gasteiger partial charge in [0, 0.05) is 22.6 Å². The largest absolute Gasteiger partial charge is 0.361 e. The van der Waals surface area contributed by atoms with Gasteiger partial charge in [-0.2, -0.15) is 0 Å². The maximum Gasteiger partial charge on any atom is 0.133 e. The fourth-order valence-electron chi connectivity index (χ4n) is 1.89. The van der Waals surface area contributed by atoms with E-state index < -0.39 is 10.8 Å². The highest BCUT2D eigenvalue weighted by Crippen LogP contribution is 2.16. The van der Waals surface area contributed by atoms with Crippen molar-refractivity contribution in [2.75, 3.05) is 0 Å². The Labute approximate surface area is 116 Å². The summed E-state index contributed by atoms with van der Waals surface area (Å²) in [7, 11) is -0.948. The minimum absolute atomic E-state index is 0.448. The van der Waals surface area contributed by atoms with Crippen LogP contribution in [0.4, 0.5) is 0 Å². The molecule has 1 heterocycles. The second-order valence-corrected chi connectivity index (χ2v) is 6.51. The Morgan fingerprint density at radius 3 is 2.42 bits per heavy atom. The zero-order chi connectivity index (χ0) is 13.8. The molecule has 2 aromatic rings. The van der Waals surface area contributed by atoms with E-state index in [2.05, 4.69) is 43.3 Å². The van der Waals surface area contributed by atoms with Gasteiger partial charge >= 0.3 is 0 Å². The fraction of sp³-hybridized carbons (Fsp3) is 0.400. The lowest BCUT2D eigenvalue weighted by Crippen LogP contribution is -2.00. The average molecular weight is 277 g/mol. The van der Waals surface area contributed by atoms with E-state index in [1.807, 2.05) is 13.0 Å². The Hall–Kier alpha value is -1.42. The third-order valence-corrected chi connectivity index (χ3v) is 4.23. The van der Waals surface area contributed by atoms with Crippen molar-refractivity contribution < 1.29 is 8.73 Å².